The van der Waals surface area contributed by atoms with E-state index in [9.17, 15) is 4.79 Å². The molecule has 1 aliphatic heterocycles. The van der Waals surface area contributed by atoms with E-state index in [-0.39, 0.29) is 40.1 Å². The summed E-state index contributed by atoms with van der Waals surface area (Å²) in [7, 11) is -2.01. The fourth-order valence-electron chi connectivity index (χ4n) is 3.46. The Morgan fingerprint density at radius 1 is 1.24 bits per heavy atom. The summed E-state index contributed by atoms with van der Waals surface area (Å²) in [5, 5.41) is 0.378. The van der Waals surface area contributed by atoms with Crippen LogP contribution in [-0.4, -0.2) is 43.1 Å². The normalized spacial score (nSPS) is 20.0. The summed E-state index contributed by atoms with van der Waals surface area (Å²) in [6.07, 6.45) is 0.582. The van der Waals surface area contributed by atoms with Crippen molar-refractivity contribution in [2.75, 3.05) is 6.61 Å². The number of rotatable bonds is 7. The molecule has 0 aromatic heterocycles. The van der Waals surface area contributed by atoms with Crippen molar-refractivity contribution in [3.63, 3.8) is 0 Å². The van der Waals surface area contributed by atoms with Crippen LogP contribution in [0.25, 0.3) is 0 Å². The van der Waals surface area contributed by atoms with Gasteiger partial charge in [-0.05, 0) is 48.3 Å². The third kappa shape index (κ3) is 5.67. The van der Waals surface area contributed by atoms with E-state index in [1.807, 2.05) is 25.1 Å². The van der Waals surface area contributed by atoms with Crippen LogP contribution in [0.5, 0.6) is 0 Å². The first kappa shape index (κ1) is 24.0. The minimum atomic E-state index is -2.01. The molecule has 0 radical (unpaired) electrons. The molecule has 0 N–H and O–H groups in total. The fourth-order valence-corrected chi connectivity index (χ4v) is 5.28. The second kappa shape index (κ2) is 9.27. The van der Waals surface area contributed by atoms with Gasteiger partial charge in [-0.2, -0.15) is 0 Å². The van der Waals surface area contributed by atoms with Crippen LogP contribution in [0.4, 0.5) is 0 Å². The van der Waals surface area contributed by atoms with E-state index in [4.69, 9.17) is 21.4 Å². The molecule has 0 spiro atoms. The van der Waals surface area contributed by atoms with E-state index in [0.29, 0.717) is 6.61 Å². The van der Waals surface area contributed by atoms with Gasteiger partial charge < -0.3 is 9.16 Å². The van der Waals surface area contributed by atoms with Crippen molar-refractivity contribution < 1.29 is 14.0 Å². The molecule has 1 amide bonds. The van der Waals surface area contributed by atoms with Crippen LogP contribution < -0.4 is 0 Å². The van der Waals surface area contributed by atoms with Crippen molar-refractivity contribution in [3.05, 3.63) is 35.9 Å². The Labute approximate surface area is 183 Å². The van der Waals surface area contributed by atoms with Gasteiger partial charge in [0.25, 0.3) is 5.17 Å². The molecule has 1 heterocycles. The maximum absolute atomic E-state index is 13.5. The molecule has 1 saturated heterocycles. The lowest BCUT2D eigenvalue weighted by Gasteiger charge is -2.42. The van der Waals surface area contributed by atoms with Crippen LogP contribution in [0.15, 0.2) is 30.3 Å². The van der Waals surface area contributed by atoms with Gasteiger partial charge in [-0.25, -0.2) is 0 Å². The van der Waals surface area contributed by atoms with Crippen LogP contribution in [0.1, 0.15) is 47.1 Å². The van der Waals surface area contributed by atoms with Crippen LogP contribution in [-0.2, 0) is 20.4 Å². The van der Waals surface area contributed by atoms with Crippen molar-refractivity contribution in [1.82, 2.24) is 4.90 Å². The van der Waals surface area contributed by atoms with Crippen molar-refractivity contribution in [1.29, 1.82) is 0 Å². The standard InChI is InChI=1S/C23H37NO3SSi/c1-16(2)20(27-29(7,8)23(4,5)6)17(3)21(25)24-19(15-26-22(24)28)14-18-12-10-9-11-13-18/h9-13,16-17,19-20H,14-15H2,1-8H3/t17-,19-,20+/m1/s1. The predicted molar refractivity (Wildman–Crippen MR) is 125 cm³/mol. The monoisotopic (exact) mass is 435 g/mol. The number of carbonyl (C=O) groups excluding carboxylic acids is 1. The molecule has 4 nitrogen and oxygen atoms in total. The van der Waals surface area contributed by atoms with Crippen molar-refractivity contribution in [3.8, 4) is 0 Å². The second-order valence-corrected chi connectivity index (χ2v) is 15.1. The minimum absolute atomic E-state index is 0.00541. The third-order valence-corrected chi connectivity index (χ3v) is 11.1. The van der Waals surface area contributed by atoms with Crippen LogP contribution >= 0.6 is 12.2 Å². The molecule has 0 aliphatic carbocycles. The molecule has 3 atom stereocenters. The molecule has 0 bridgehead atoms. The fraction of sp³-hybridized carbons (Fsp3) is 0.652. The molecule has 0 unspecified atom stereocenters. The Balaban J connectivity index is 2.20. The molecule has 0 saturated carbocycles. The first-order chi connectivity index (χ1) is 13.3. The second-order valence-electron chi connectivity index (χ2n) is 10.0. The zero-order valence-corrected chi connectivity index (χ0v) is 21.0. The number of benzene rings is 1. The maximum atomic E-state index is 13.5. The van der Waals surface area contributed by atoms with E-state index in [1.54, 1.807) is 4.90 Å². The highest BCUT2D eigenvalue weighted by atomic mass is 32.1. The average molecular weight is 436 g/mol. The number of amides is 1. The number of ether oxygens (including phenoxy) is 1. The summed E-state index contributed by atoms with van der Waals surface area (Å²) < 4.78 is 12.3. The molecule has 29 heavy (non-hydrogen) atoms. The van der Waals surface area contributed by atoms with Gasteiger partial charge in [-0.3, -0.25) is 9.69 Å². The van der Waals surface area contributed by atoms with Crippen LogP contribution in [0, 0.1) is 11.8 Å². The molecule has 1 aromatic carbocycles. The van der Waals surface area contributed by atoms with E-state index >= 15 is 0 Å². The van der Waals surface area contributed by atoms with Crippen LogP contribution in [0.3, 0.4) is 0 Å². The maximum Gasteiger partial charge on any atom is 0.266 e. The number of thiocarbonyl (C=S) groups is 1. The average Bonchev–Trinajstić information content (AvgIpc) is 2.98. The zero-order valence-electron chi connectivity index (χ0n) is 19.2. The predicted octanol–water partition coefficient (Wildman–Crippen LogP) is 5.42. The molecule has 2 rings (SSSR count). The van der Waals surface area contributed by atoms with Gasteiger partial charge in [0.2, 0.25) is 5.91 Å². The summed E-state index contributed by atoms with van der Waals surface area (Å²) in [5.41, 5.74) is 1.18. The molecule has 1 aromatic rings. The van der Waals surface area contributed by atoms with Crippen LogP contribution in [0.2, 0.25) is 18.1 Å². The number of hydrogen-bond acceptors (Lipinski definition) is 4. The zero-order chi connectivity index (χ0) is 22.0. The van der Waals surface area contributed by atoms with Gasteiger partial charge in [0.05, 0.1) is 18.1 Å². The summed E-state index contributed by atoms with van der Waals surface area (Å²) in [6.45, 7) is 17.8. The van der Waals surface area contributed by atoms with Crippen molar-refractivity contribution in [2.45, 2.75) is 78.2 Å². The van der Waals surface area contributed by atoms with E-state index in [0.717, 1.165) is 6.42 Å². The third-order valence-electron chi connectivity index (χ3n) is 6.29. The minimum Gasteiger partial charge on any atom is -0.468 e. The summed E-state index contributed by atoms with van der Waals surface area (Å²) in [6, 6.07) is 10.1. The first-order valence-electron chi connectivity index (χ1n) is 10.6. The number of nitrogens with zero attached hydrogens (tertiary/aromatic N) is 1. The number of carbonyl (C=O) groups is 1. The topological polar surface area (TPSA) is 38.8 Å². The SMILES string of the molecule is CC(C)[C@H](O[Si](C)(C)C(C)(C)C)[C@@H](C)C(=O)N1C(=S)OC[C@H]1Cc1ccccc1. The summed E-state index contributed by atoms with van der Waals surface area (Å²) in [5.74, 6) is -0.0550. The molecule has 1 fully saturated rings. The molecule has 6 heteroatoms. The van der Waals surface area contributed by atoms with E-state index in [1.165, 1.54) is 5.56 Å². The van der Waals surface area contributed by atoms with E-state index < -0.39 is 8.32 Å². The first-order valence-corrected chi connectivity index (χ1v) is 13.9. The van der Waals surface area contributed by atoms with E-state index in [2.05, 4.69) is 59.8 Å². The Bertz CT molecular complexity index is 715. The van der Waals surface area contributed by atoms with Gasteiger partial charge in [0.1, 0.15) is 6.61 Å². The Morgan fingerprint density at radius 3 is 2.34 bits per heavy atom. The smallest absolute Gasteiger partial charge is 0.266 e. The van der Waals surface area contributed by atoms with Crippen molar-refractivity contribution >= 4 is 31.6 Å². The van der Waals surface area contributed by atoms with Crippen molar-refractivity contribution in [2.24, 2.45) is 11.8 Å². The molecule has 162 valence electrons. The highest BCUT2D eigenvalue weighted by Crippen LogP contribution is 2.39. The Hall–Kier alpha value is -1.24. The Kier molecular flexibility index (Phi) is 7.68. The van der Waals surface area contributed by atoms with Gasteiger partial charge in [-0.1, -0.05) is 71.9 Å². The highest BCUT2D eigenvalue weighted by molar-refractivity contribution is 7.80. The van der Waals surface area contributed by atoms with Gasteiger partial charge in [0.15, 0.2) is 8.32 Å². The number of hydrogen-bond donors (Lipinski definition) is 0. The lowest BCUT2D eigenvalue weighted by atomic mass is 9.93. The molecular formula is C23H37NO3SSi. The van der Waals surface area contributed by atoms with Gasteiger partial charge >= 0.3 is 0 Å². The van der Waals surface area contributed by atoms with Gasteiger partial charge in [0, 0.05) is 0 Å². The summed E-state index contributed by atoms with van der Waals surface area (Å²) in [4.78, 5) is 15.2. The quantitative estimate of drug-likeness (QED) is 0.423. The summed E-state index contributed by atoms with van der Waals surface area (Å²) >= 11 is 5.40. The highest BCUT2D eigenvalue weighted by Gasteiger charge is 2.44. The lowest BCUT2D eigenvalue weighted by molar-refractivity contribution is -0.136. The largest absolute Gasteiger partial charge is 0.468 e. The Morgan fingerprint density at radius 2 is 1.83 bits per heavy atom. The van der Waals surface area contributed by atoms with Gasteiger partial charge in [-0.15, -0.1) is 0 Å². The molecular weight excluding hydrogens is 398 g/mol. The molecule has 1 aliphatic rings. The lowest BCUT2D eigenvalue weighted by Crippen LogP contribution is -2.51.